The number of rotatable bonds is 12. The number of carboxylic acid groups (broad SMARTS) is 1. The third kappa shape index (κ3) is 7.53. The van der Waals surface area contributed by atoms with E-state index in [9.17, 15) is 24.3 Å². The molecule has 196 valence electrons. The zero-order chi connectivity index (χ0) is 26.9. The van der Waals surface area contributed by atoms with Gasteiger partial charge in [0.25, 0.3) is 0 Å². The lowest BCUT2D eigenvalue weighted by molar-refractivity contribution is -0.142. The number of para-hydroxylation sites is 1. The molecule has 0 aliphatic rings. The molecule has 0 bridgehead atoms. The van der Waals surface area contributed by atoms with Gasteiger partial charge in [-0.3, -0.25) is 14.4 Å². The van der Waals surface area contributed by atoms with E-state index in [4.69, 9.17) is 15.9 Å². The zero-order valence-corrected chi connectivity index (χ0v) is 19.8. The zero-order valence-electron chi connectivity index (χ0n) is 19.8. The first-order valence-electron chi connectivity index (χ1n) is 11.5. The van der Waals surface area contributed by atoms with Crippen molar-refractivity contribution in [2.75, 3.05) is 13.2 Å². The molecule has 12 nitrogen and oxygen atoms in total. The minimum atomic E-state index is -1.51. The van der Waals surface area contributed by atoms with E-state index >= 15 is 0 Å². The van der Waals surface area contributed by atoms with E-state index in [1.54, 1.807) is 18.3 Å². The highest BCUT2D eigenvalue weighted by Gasteiger charge is 2.26. The summed E-state index contributed by atoms with van der Waals surface area (Å²) in [6.07, 6.45) is 1.97. The van der Waals surface area contributed by atoms with Crippen molar-refractivity contribution in [2.24, 2.45) is 5.73 Å². The van der Waals surface area contributed by atoms with Crippen molar-refractivity contribution in [3.8, 4) is 5.75 Å². The Labute approximate surface area is 211 Å². The summed E-state index contributed by atoms with van der Waals surface area (Å²) >= 11 is 0. The lowest BCUT2D eigenvalue weighted by atomic mass is 10.0. The molecule has 1 aromatic heterocycles. The van der Waals surface area contributed by atoms with Gasteiger partial charge in [0, 0.05) is 23.5 Å². The van der Waals surface area contributed by atoms with Crippen LogP contribution in [-0.4, -0.2) is 75.3 Å². The maximum atomic E-state index is 13.0. The smallest absolute Gasteiger partial charge is 0.328 e. The maximum absolute atomic E-state index is 13.0. The molecule has 2 aromatic carbocycles. The molecule has 0 aliphatic heterocycles. The van der Waals surface area contributed by atoms with Gasteiger partial charge in [0.2, 0.25) is 17.7 Å². The monoisotopic (exact) mass is 511 g/mol. The van der Waals surface area contributed by atoms with Crippen LogP contribution in [0.2, 0.25) is 0 Å². The fraction of sp³-hybridized carbons (Fsp3) is 0.280. The number of nitrogens with two attached hydrogens (primary N) is 1. The van der Waals surface area contributed by atoms with Gasteiger partial charge >= 0.3 is 5.97 Å². The summed E-state index contributed by atoms with van der Waals surface area (Å²) in [6, 6.07) is 10.0. The van der Waals surface area contributed by atoms with Crippen molar-refractivity contribution < 1.29 is 34.5 Å². The number of aliphatic hydroxyl groups excluding tert-OH is 1. The summed E-state index contributed by atoms with van der Waals surface area (Å²) < 4.78 is 0. The predicted molar refractivity (Wildman–Crippen MR) is 133 cm³/mol. The molecule has 3 rings (SSSR count). The van der Waals surface area contributed by atoms with E-state index in [0.717, 1.165) is 16.5 Å². The van der Waals surface area contributed by atoms with E-state index < -0.39 is 55.0 Å². The molecular formula is C25H29N5O7. The summed E-state index contributed by atoms with van der Waals surface area (Å²) in [4.78, 5) is 52.0. The highest BCUT2D eigenvalue weighted by atomic mass is 16.4. The van der Waals surface area contributed by atoms with E-state index in [-0.39, 0.29) is 18.6 Å². The Morgan fingerprint density at radius 2 is 1.62 bits per heavy atom. The maximum Gasteiger partial charge on any atom is 0.328 e. The number of carbonyl (C=O) groups is 4. The first-order chi connectivity index (χ1) is 17.7. The Balaban J connectivity index is 1.70. The molecule has 0 fully saturated rings. The number of benzene rings is 2. The van der Waals surface area contributed by atoms with Gasteiger partial charge in [-0.1, -0.05) is 30.3 Å². The number of H-pyrrole nitrogens is 1. The molecule has 0 aliphatic carbocycles. The van der Waals surface area contributed by atoms with Crippen LogP contribution in [0, 0.1) is 0 Å². The number of carboxylic acids is 1. The van der Waals surface area contributed by atoms with E-state index in [2.05, 4.69) is 20.9 Å². The number of hydrogen-bond acceptors (Lipinski definition) is 7. The number of aromatic nitrogens is 1. The van der Waals surface area contributed by atoms with Crippen LogP contribution in [0.25, 0.3) is 10.9 Å². The SMILES string of the molecule is NC(Cc1ccc(O)cc1)C(=O)NC(Cc1c[nH]c2ccccc12)C(=O)NCC(=O)NC(CO)C(=O)O. The number of hydrogen-bond donors (Lipinski definition) is 8. The number of amides is 3. The fourth-order valence-corrected chi connectivity index (χ4v) is 3.71. The lowest BCUT2D eigenvalue weighted by Gasteiger charge is -2.21. The number of aliphatic carboxylic acids is 1. The number of carbonyl (C=O) groups excluding carboxylic acids is 3. The van der Waals surface area contributed by atoms with E-state index in [0.29, 0.717) is 5.56 Å². The second-order valence-electron chi connectivity index (χ2n) is 8.46. The van der Waals surface area contributed by atoms with Crippen LogP contribution in [0.1, 0.15) is 11.1 Å². The summed E-state index contributed by atoms with van der Waals surface area (Å²) in [7, 11) is 0. The van der Waals surface area contributed by atoms with Crippen molar-refractivity contribution in [1.82, 2.24) is 20.9 Å². The van der Waals surface area contributed by atoms with Crippen molar-refractivity contribution in [2.45, 2.75) is 31.0 Å². The molecule has 0 saturated carbocycles. The summed E-state index contributed by atoms with van der Waals surface area (Å²) in [5.41, 5.74) is 8.37. The third-order valence-electron chi connectivity index (χ3n) is 5.70. The average molecular weight is 512 g/mol. The molecule has 3 aromatic rings. The van der Waals surface area contributed by atoms with Gasteiger partial charge in [0.05, 0.1) is 19.2 Å². The molecule has 3 unspecified atom stereocenters. The van der Waals surface area contributed by atoms with Gasteiger partial charge < -0.3 is 42.0 Å². The molecular weight excluding hydrogens is 482 g/mol. The lowest BCUT2D eigenvalue weighted by Crippen LogP contribution is -2.54. The van der Waals surface area contributed by atoms with Crippen LogP contribution in [-0.2, 0) is 32.0 Å². The Kier molecular flexibility index (Phi) is 9.19. The normalized spacial score (nSPS) is 13.4. The Bertz CT molecular complexity index is 1260. The molecule has 9 N–H and O–H groups in total. The van der Waals surface area contributed by atoms with Gasteiger partial charge in [-0.15, -0.1) is 0 Å². The number of phenolic OH excluding ortho intramolecular Hbond substituents is 1. The number of aromatic amines is 1. The molecule has 3 amide bonds. The number of aromatic hydroxyl groups is 1. The topological polar surface area (TPSA) is 207 Å². The molecule has 0 radical (unpaired) electrons. The largest absolute Gasteiger partial charge is 0.508 e. The molecule has 0 saturated heterocycles. The van der Waals surface area contributed by atoms with Crippen LogP contribution in [0.4, 0.5) is 0 Å². The van der Waals surface area contributed by atoms with Gasteiger partial charge in [0.15, 0.2) is 0 Å². The first-order valence-corrected chi connectivity index (χ1v) is 11.5. The van der Waals surface area contributed by atoms with Crippen LogP contribution in [0.3, 0.4) is 0 Å². The molecule has 0 spiro atoms. The second kappa shape index (κ2) is 12.5. The van der Waals surface area contributed by atoms with Gasteiger partial charge in [-0.05, 0) is 35.7 Å². The van der Waals surface area contributed by atoms with Gasteiger partial charge in [0.1, 0.15) is 17.8 Å². The van der Waals surface area contributed by atoms with E-state index in [1.165, 1.54) is 12.1 Å². The minimum Gasteiger partial charge on any atom is -0.508 e. The summed E-state index contributed by atoms with van der Waals surface area (Å²) in [5.74, 6) is -3.44. The quantitative estimate of drug-likeness (QED) is 0.153. The highest BCUT2D eigenvalue weighted by Crippen LogP contribution is 2.19. The molecule has 1 heterocycles. The van der Waals surface area contributed by atoms with Crippen LogP contribution in [0.15, 0.2) is 54.7 Å². The highest BCUT2D eigenvalue weighted by molar-refractivity contribution is 5.93. The second-order valence-corrected chi connectivity index (χ2v) is 8.46. The van der Waals surface area contributed by atoms with Crippen LogP contribution in [0.5, 0.6) is 5.75 Å². The molecule has 12 heteroatoms. The number of nitrogens with one attached hydrogen (secondary N) is 4. The third-order valence-corrected chi connectivity index (χ3v) is 5.70. The minimum absolute atomic E-state index is 0.0786. The summed E-state index contributed by atoms with van der Waals surface area (Å²) in [6.45, 7) is -1.38. The molecule has 37 heavy (non-hydrogen) atoms. The van der Waals surface area contributed by atoms with Gasteiger partial charge in [-0.25, -0.2) is 4.79 Å². The fourth-order valence-electron chi connectivity index (χ4n) is 3.71. The van der Waals surface area contributed by atoms with Crippen molar-refractivity contribution in [1.29, 1.82) is 0 Å². The van der Waals surface area contributed by atoms with Crippen molar-refractivity contribution in [3.63, 3.8) is 0 Å². The Hall–Kier alpha value is -4.42. The van der Waals surface area contributed by atoms with Crippen molar-refractivity contribution >= 4 is 34.6 Å². The van der Waals surface area contributed by atoms with Crippen LogP contribution < -0.4 is 21.7 Å². The Morgan fingerprint density at radius 1 is 0.919 bits per heavy atom. The molecule has 3 atom stereocenters. The number of aliphatic hydroxyl groups is 1. The average Bonchev–Trinajstić information content (AvgIpc) is 3.29. The number of phenols is 1. The predicted octanol–water partition coefficient (Wildman–Crippen LogP) is -0.851. The van der Waals surface area contributed by atoms with Gasteiger partial charge in [-0.2, -0.15) is 0 Å². The Morgan fingerprint density at radius 3 is 2.30 bits per heavy atom. The first kappa shape index (κ1) is 27.2. The van der Waals surface area contributed by atoms with Crippen molar-refractivity contribution in [3.05, 3.63) is 65.9 Å². The van der Waals surface area contributed by atoms with E-state index in [1.807, 2.05) is 24.3 Å². The standard InChI is InChI=1S/C25H29N5O7/c26-18(9-14-5-7-16(32)8-6-14)23(34)30-20(10-15-11-27-19-4-2-1-3-17(15)19)24(35)28-12-22(33)29-21(13-31)25(36)37/h1-8,11,18,20-21,27,31-32H,9-10,12-13,26H2,(H,28,35)(H,29,33)(H,30,34)(H,36,37). The summed E-state index contributed by atoms with van der Waals surface area (Å²) in [5, 5.41) is 35.4. The number of fused-ring (bicyclic) bond motifs is 1. The van der Waals surface area contributed by atoms with Crippen LogP contribution >= 0.6 is 0 Å².